The van der Waals surface area contributed by atoms with E-state index in [9.17, 15) is 32.7 Å². The summed E-state index contributed by atoms with van der Waals surface area (Å²) in [4.78, 5) is 50.4. The van der Waals surface area contributed by atoms with Crippen LogP contribution in [0.15, 0.2) is 73.3 Å². The molecule has 45 heavy (non-hydrogen) atoms. The van der Waals surface area contributed by atoms with Gasteiger partial charge < -0.3 is 30.4 Å². The van der Waals surface area contributed by atoms with Crippen molar-refractivity contribution in [3.8, 4) is 0 Å². The van der Waals surface area contributed by atoms with E-state index in [1.807, 2.05) is 0 Å². The monoisotopic (exact) mass is 628 g/mol. The van der Waals surface area contributed by atoms with E-state index < -0.39 is 61.0 Å². The van der Waals surface area contributed by atoms with Crippen molar-refractivity contribution in [3.63, 3.8) is 0 Å². The molecular weight excluding hydrogens is 601 g/mol. The van der Waals surface area contributed by atoms with Gasteiger partial charge in [-0.1, -0.05) is 48.5 Å². The van der Waals surface area contributed by atoms with Gasteiger partial charge in [0.15, 0.2) is 23.8 Å². The lowest BCUT2D eigenvalue weighted by molar-refractivity contribution is -0.173. The molecule has 3 heterocycles. The molecule has 1 fully saturated rings. The lowest BCUT2D eigenvalue weighted by Gasteiger charge is -2.27. The van der Waals surface area contributed by atoms with Crippen LogP contribution in [0, 0.1) is 0 Å². The van der Waals surface area contributed by atoms with E-state index in [2.05, 4.69) is 15.0 Å². The number of hydrogen-bond acceptors (Lipinski definition) is 11. The largest absolute Gasteiger partial charge is 0.471 e. The lowest BCUT2D eigenvalue weighted by Crippen LogP contribution is -2.47. The van der Waals surface area contributed by atoms with Crippen molar-refractivity contribution in [3.05, 3.63) is 84.4 Å². The van der Waals surface area contributed by atoms with E-state index in [0.29, 0.717) is 0 Å². The number of benzene rings is 2. The van der Waals surface area contributed by atoms with Gasteiger partial charge in [-0.05, 0) is 18.6 Å². The van der Waals surface area contributed by atoms with E-state index >= 15 is 0 Å². The van der Waals surface area contributed by atoms with E-state index in [1.54, 1.807) is 41.7 Å². The second-order valence-electron chi connectivity index (χ2n) is 9.93. The minimum atomic E-state index is -5.05. The second-order valence-corrected chi connectivity index (χ2v) is 9.93. The number of rotatable bonds is 11. The number of hydrogen-bond donors (Lipinski definition) is 3. The van der Waals surface area contributed by atoms with Gasteiger partial charge >= 0.3 is 18.1 Å². The van der Waals surface area contributed by atoms with Crippen molar-refractivity contribution < 1.29 is 46.9 Å². The van der Waals surface area contributed by atoms with Gasteiger partial charge in [-0.15, -0.1) is 0 Å². The van der Waals surface area contributed by atoms with Gasteiger partial charge in [0.25, 0.3) is 0 Å². The number of fused-ring (bicyclic) bond motifs is 1. The molecule has 1 aliphatic heterocycles. The van der Waals surface area contributed by atoms with Crippen molar-refractivity contribution in [1.29, 1.82) is 0 Å². The van der Waals surface area contributed by atoms with Crippen LogP contribution in [0.25, 0.3) is 11.2 Å². The molecule has 16 heteroatoms. The molecule has 0 radical (unpaired) electrons. The smallest absolute Gasteiger partial charge is 0.447 e. The van der Waals surface area contributed by atoms with Gasteiger partial charge in [0.05, 0.1) is 11.9 Å². The fraction of sp³-hybridized carbons (Fsp3) is 0.310. The molecule has 0 spiro atoms. The number of Topliss-reactive ketones (excluding diaryl/α,β-unsaturated/α-hetero) is 1. The maximum Gasteiger partial charge on any atom is 0.471 e. The third-order valence-corrected chi connectivity index (χ3v) is 6.94. The topological polar surface area (TPSA) is 181 Å². The molecular formula is C29H27F3N6O7. The molecule has 1 aliphatic rings. The Kier molecular flexibility index (Phi) is 9.36. The van der Waals surface area contributed by atoms with Crippen LogP contribution >= 0.6 is 0 Å². The molecule has 0 aliphatic carbocycles. The summed E-state index contributed by atoms with van der Waals surface area (Å²) >= 11 is 0. The summed E-state index contributed by atoms with van der Waals surface area (Å²) in [7, 11) is 0. The minimum Gasteiger partial charge on any atom is -0.447 e. The number of esters is 1. The van der Waals surface area contributed by atoms with Gasteiger partial charge in [-0.25, -0.2) is 19.7 Å². The SMILES string of the molecule is Nc1ncnc2c1ncn2[C@@H]1O[C@H](C(OC(=O)c2ccccc2)C(=O)c2ccccc2)[C@@H](OCCCNC(=O)C(F)(F)F)[C@H]1O. The Bertz CT molecular complexity index is 1650. The molecule has 5 rings (SSSR count). The standard InChI is InChI=1S/C29H27F3N6O7/c30-29(31,32)28(42)34-12-7-13-43-21-20(40)26(38-15-37-18-24(33)35-14-36-25(18)38)44-23(21)22(19(39)16-8-3-1-4-9-16)45-27(41)17-10-5-2-6-11-17/h1-6,8-11,14-15,20-23,26,40H,7,12-13H2,(H,34,42)(H2,33,35,36)/t20-,21+,22?,23+,26-/m1/s1. The highest BCUT2D eigenvalue weighted by molar-refractivity contribution is 6.02. The van der Waals surface area contributed by atoms with Gasteiger partial charge in [0, 0.05) is 18.7 Å². The molecule has 0 saturated carbocycles. The third kappa shape index (κ3) is 6.92. The number of anilines is 1. The number of ketones is 1. The average Bonchev–Trinajstić information content (AvgIpc) is 3.61. The highest BCUT2D eigenvalue weighted by Crippen LogP contribution is 2.37. The van der Waals surface area contributed by atoms with Gasteiger partial charge in [-0.3, -0.25) is 14.2 Å². The first-order chi connectivity index (χ1) is 21.6. The molecule has 236 valence electrons. The molecule has 2 aromatic heterocycles. The van der Waals surface area contributed by atoms with Crippen molar-refractivity contribution in [2.24, 2.45) is 0 Å². The van der Waals surface area contributed by atoms with Crippen LogP contribution in [0.1, 0.15) is 33.4 Å². The Hall–Kier alpha value is -4.93. The third-order valence-electron chi connectivity index (χ3n) is 6.94. The summed E-state index contributed by atoms with van der Waals surface area (Å²) in [5, 5.41) is 13.2. The average molecular weight is 629 g/mol. The molecule has 1 amide bonds. The molecule has 2 aromatic carbocycles. The van der Waals surface area contributed by atoms with Crippen molar-refractivity contribution in [1.82, 2.24) is 24.8 Å². The first-order valence-corrected chi connectivity index (χ1v) is 13.6. The zero-order valence-corrected chi connectivity index (χ0v) is 23.3. The maximum atomic E-state index is 13.8. The number of amides is 1. The van der Waals surface area contributed by atoms with Crippen molar-refractivity contribution >= 4 is 34.6 Å². The molecule has 0 bridgehead atoms. The predicted octanol–water partition coefficient (Wildman–Crippen LogP) is 2.23. The number of ether oxygens (including phenoxy) is 3. The number of aliphatic hydroxyl groups excluding tert-OH is 1. The zero-order valence-electron chi connectivity index (χ0n) is 23.3. The van der Waals surface area contributed by atoms with Crippen molar-refractivity contribution in [2.45, 2.75) is 43.2 Å². The Morgan fingerprint density at radius 1 is 1.02 bits per heavy atom. The molecule has 1 unspecified atom stereocenters. The highest BCUT2D eigenvalue weighted by atomic mass is 19.4. The molecule has 5 atom stereocenters. The number of imidazole rings is 1. The number of nitrogens with two attached hydrogens (primary N) is 1. The van der Waals surface area contributed by atoms with Gasteiger partial charge in [0.2, 0.25) is 5.78 Å². The Balaban J connectivity index is 1.46. The summed E-state index contributed by atoms with van der Waals surface area (Å²) in [6.45, 7) is -0.668. The Morgan fingerprint density at radius 2 is 1.69 bits per heavy atom. The predicted molar refractivity (Wildman–Crippen MR) is 149 cm³/mol. The van der Waals surface area contributed by atoms with E-state index in [1.165, 1.54) is 41.5 Å². The number of aromatic nitrogens is 4. The maximum absolute atomic E-state index is 13.8. The number of halogens is 3. The van der Waals surface area contributed by atoms with Crippen LogP contribution in [0.2, 0.25) is 0 Å². The summed E-state index contributed by atoms with van der Waals surface area (Å²) in [5.74, 6) is -3.57. The summed E-state index contributed by atoms with van der Waals surface area (Å²) in [5.41, 5.74) is 6.62. The first kappa shape index (κ1) is 31.5. The number of carbonyl (C=O) groups is 3. The van der Waals surface area contributed by atoms with Crippen LogP contribution in [0.5, 0.6) is 0 Å². The number of nitrogen functional groups attached to an aromatic ring is 1. The summed E-state index contributed by atoms with van der Waals surface area (Å²) in [6, 6.07) is 15.8. The number of carbonyl (C=O) groups excluding carboxylic acids is 3. The van der Waals surface area contributed by atoms with Crippen LogP contribution < -0.4 is 11.1 Å². The number of nitrogens with one attached hydrogen (secondary N) is 1. The molecule has 4 aromatic rings. The quantitative estimate of drug-likeness (QED) is 0.126. The highest BCUT2D eigenvalue weighted by Gasteiger charge is 2.52. The molecule has 13 nitrogen and oxygen atoms in total. The van der Waals surface area contributed by atoms with E-state index in [0.717, 1.165) is 0 Å². The van der Waals surface area contributed by atoms with Crippen LogP contribution in [-0.2, 0) is 19.0 Å². The van der Waals surface area contributed by atoms with Crippen molar-refractivity contribution in [2.75, 3.05) is 18.9 Å². The normalized spacial score (nSPS) is 20.5. The number of alkyl halides is 3. The zero-order chi connectivity index (χ0) is 32.1. The number of aliphatic hydroxyl groups is 1. The second kappa shape index (κ2) is 13.4. The fourth-order valence-electron chi connectivity index (χ4n) is 4.79. The summed E-state index contributed by atoms with van der Waals surface area (Å²) in [6.07, 6.45) is -9.92. The number of nitrogens with zero attached hydrogens (tertiary/aromatic N) is 4. The Labute approximate surface area is 253 Å². The van der Waals surface area contributed by atoms with Gasteiger partial charge in [0.1, 0.15) is 30.2 Å². The summed E-state index contributed by atoms with van der Waals surface area (Å²) < 4.78 is 56.8. The van der Waals surface area contributed by atoms with E-state index in [4.69, 9.17) is 19.9 Å². The van der Waals surface area contributed by atoms with Crippen LogP contribution in [-0.4, -0.2) is 86.0 Å². The minimum absolute atomic E-state index is 0.0606. The first-order valence-electron chi connectivity index (χ1n) is 13.6. The molecule has 4 N–H and O–H groups in total. The fourth-order valence-corrected chi connectivity index (χ4v) is 4.79. The van der Waals surface area contributed by atoms with Crippen LogP contribution in [0.3, 0.4) is 0 Å². The molecule has 1 saturated heterocycles. The lowest BCUT2D eigenvalue weighted by atomic mass is 9.97. The Morgan fingerprint density at radius 3 is 2.36 bits per heavy atom. The van der Waals surface area contributed by atoms with Gasteiger partial charge in [-0.2, -0.15) is 13.2 Å². The van der Waals surface area contributed by atoms with E-state index in [-0.39, 0.29) is 41.1 Å². The van der Waals surface area contributed by atoms with Crippen LogP contribution in [0.4, 0.5) is 19.0 Å².